The van der Waals surface area contributed by atoms with Gasteiger partial charge >= 0.3 is 0 Å². The molecule has 2 N–H and O–H groups in total. The standard InChI is InChI=1S/C13H15BrFN3/c1-18(11(7-17)8-2-3-8)10-5-4-9(6-16)12(14)13(10)15/h4-5,8,11H,2-3,7,17H2,1H3. The van der Waals surface area contributed by atoms with Crippen molar-refractivity contribution in [2.75, 3.05) is 18.5 Å². The molecule has 96 valence electrons. The smallest absolute Gasteiger partial charge is 0.161 e. The van der Waals surface area contributed by atoms with Gasteiger partial charge < -0.3 is 10.6 Å². The number of nitriles is 1. The molecule has 18 heavy (non-hydrogen) atoms. The molecule has 1 aliphatic carbocycles. The summed E-state index contributed by atoms with van der Waals surface area (Å²) in [4.78, 5) is 1.89. The quantitative estimate of drug-likeness (QED) is 0.930. The first-order valence-corrected chi connectivity index (χ1v) is 6.70. The summed E-state index contributed by atoms with van der Waals surface area (Å²) < 4.78 is 14.4. The van der Waals surface area contributed by atoms with Gasteiger partial charge in [-0.3, -0.25) is 0 Å². The highest BCUT2D eigenvalue weighted by molar-refractivity contribution is 9.10. The molecule has 5 heteroatoms. The van der Waals surface area contributed by atoms with Crippen molar-refractivity contribution in [3.8, 4) is 6.07 Å². The van der Waals surface area contributed by atoms with Crippen molar-refractivity contribution in [2.24, 2.45) is 11.7 Å². The molecule has 0 aliphatic heterocycles. The molecule has 1 saturated carbocycles. The van der Waals surface area contributed by atoms with Crippen LogP contribution in [-0.4, -0.2) is 19.6 Å². The molecular formula is C13H15BrFN3. The lowest BCUT2D eigenvalue weighted by Crippen LogP contribution is -2.40. The van der Waals surface area contributed by atoms with E-state index in [-0.39, 0.29) is 10.5 Å². The van der Waals surface area contributed by atoms with E-state index in [0.29, 0.717) is 23.7 Å². The number of hydrogen-bond acceptors (Lipinski definition) is 3. The predicted octanol–water partition coefficient (Wildman–Crippen LogP) is 2.63. The highest BCUT2D eigenvalue weighted by Gasteiger charge is 2.34. The molecule has 0 bridgehead atoms. The number of likely N-dealkylation sites (N-methyl/N-ethyl adjacent to an activating group) is 1. The lowest BCUT2D eigenvalue weighted by molar-refractivity contribution is 0.549. The number of rotatable bonds is 4. The van der Waals surface area contributed by atoms with Crippen molar-refractivity contribution in [2.45, 2.75) is 18.9 Å². The van der Waals surface area contributed by atoms with Crippen LogP contribution in [0.25, 0.3) is 0 Å². The summed E-state index contributed by atoms with van der Waals surface area (Å²) in [6.45, 7) is 0.512. The minimum Gasteiger partial charge on any atom is -0.368 e. The summed E-state index contributed by atoms with van der Waals surface area (Å²) >= 11 is 3.13. The van der Waals surface area contributed by atoms with Crippen LogP contribution in [0.3, 0.4) is 0 Å². The maximum atomic E-state index is 14.2. The van der Waals surface area contributed by atoms with Crippen LogP contribution in [0.5, 0.6) is 0 Å². The van der Waals surface area contributed by atoms with Gasteiger partial charge in [0.15, 0.2) is 5.82 Å². The number of halogens is 2. The number of anilines is 1. The number of benzene rings is 1. The highest BCUT2D eigenvalue weighted by atomic mass is 79.9. The Morgan fingerprint density at radius 2 is 2.28 bits per heavy atom. The topological polar surface area (TPSA) is 53.0 Å². The number of hydrogen-bond donors (Lipinski definition) is 1. The third kappa shape index (κ3) is 2.36. The van der Waals surface area contributed by atoms with E-state index < -0.39 is 5.82 Å². The average molecular weight is 312 g/mol. The highest BCUT2D eigenvalue weighted by Crippen LogP contribution is 2.37. The van der Waals surface area contributed by atoms with Crippen LogP contribution in [0, 0.1) is 23.1 Å². The van der Waals surface area contributed by atoms with E-state index in [9.17, 15) is 4.39 Å². The summed E-state index contributed by atoms with van der Waals surface area (Å²) in [6.07, 6.45) is 2.32. The molecule has 0 spiro atoms. The molecule has 3 nitrogen and oxygen atoms in total. The monoisotopic (exact) mass is 311 g/mol. The zero-order valence-corrected chi connectivity index (χ0v) is 11.7. The maximum Gasteiger partial charge on any atom is 0.161 e. The van der Waals surface area contributed by atoms with Gasteiger partial charge in [-0.1, -0.05) is 0 Å². The first kappa shape index (κ1) is 13.3. The van der Waals surface area contributed by atoms with Gasteiger partial charge in [-0.25, -0.2) is 4.39 Å². The Balaban J connectivity index is 2.33. The van der Waals surface area contributed by atoms with Crippen LogP contribution >= 0.6 is 15.9 Å². The van der Waals surface area contributed by atoms with Crippen molar-refractivity contribution >= 4 is 21.6 Å². The second kappa shape index (κ2) is 5.25. The van der Waals surface area contributed by atoms with E-state index in [2.05, 4.69) is 15.9 Å². The Kier molecular flexibility index (Phi) is 3.88. The molecule has 1 unspecified atom stereocenters. The van der Waals surface area contributed by atoms with Gasteiger partial charge in [0.2, 0.25) is 0 Å². The van der Waals surface area contributed by atoms with Crippen molar-refractivity contribution in [3.63, 3.8) is 0 Å². The van der Waals surface area contributed by atoms with Gasteiger partial charge in [0.25, 0.3) is 0 Å². The molecule has 0 saturated heterocycles. The SMILES string of the molecule is CN(c1ccc(C#N)c(Br)c1F)C(CN)C1CC1. The normalized spacial score (nSPS) is 16.2. The molecular weight excluding hydrogens is 297 g/mol. The third-order valence-electron chi connectivity index (χ3n) is 3.47. The van der Waals surface area contributed by atoms with E-state index in [1.807, 2.05) is 18.0 Å². The predicted molar refractivity (Wildman–Crippen MR) is 72.8 cm³/mol. The Hall–Kier alpha value is -1.12. The zero-order valence-electron chi connectivity index (χ0n) is 10.2. The molecule has 1 aromatic carbocycles. The van der Waals surface area contributed by atoms with E-state index in [0.717, 1.165) is 12.8 Å². The number of nitrogens with zero attached hydrogens (tertiary/aromatic N) is 2. The van der Waals surface area contributed by atoms with Gasteiger partial charge in [-0.05, 0) is 46.8 Å². The van der Waals surface area contributed by atoms with E-state index in [1.54, 1.807) is 12.1 Å². The molecule has 1 atom stereocenters. The summed E-state index contributed by atoms with van der Waals surface area (Å²) in [6, 6.07) is 5.38. The summed E-state index contributed by atoms with van der Waals surface area (Å²) in [7, 11) is 1.85. The van der Waals surface area contributed by atoms with Crippen LogP contribution in [-0.2, 0) is 0 Å². The molecule has 0 radical (unpaired) electrons. The Morgan fingerprint density at radius 1 is 1.61 bits per heavy atom. The van der Waals surface area contributed by atoms with Gasteiger partial charge in [-0.15, -0.1) is 0 Å². The van der Waals surface area contributed by atoms with Crippen LogP contribution in [0.15, 0.2) is 16.6 Å². The molecule has 0 aromatic heterocycles. The second-order valence-electron chi connectivity index (χ2n) is 4.62. The second-order valence-corrected chi connectivity index (χ2v) is 5.42. The lowest BCUT2D eigenvalue weighted by atomic mass is 10.1. The zero-order chi connectivity index (χ0) is 13.3. The van der Waals surface area contributed by atoms with E-state index >= 15 is 0 Å². The summed E-state index contributed by atoms with van der Waals surface area (Å²) in [5.74, 6) is 0.171. The summed E-state index contributed by atoms with van der Waals surface area (Å²) in [5, 5.41) is 8.85. The van der Waals surface area contributed by atoms with Crippen molar-refractivity contribution in [1.82, 2.24) is 0 Å². The van der Waals surface area contributed by atoms with Crippen LogP contribution in [0.2, 0.25) is 0 Å². The fourth-order valence-electron chi connectivity index (χ4n) is 2.22. The molecule has 1 fully saturated rings. The minimum atomic E-state index is -0.393. The fraction of sp³-hybridized carbons (Fsp3) is 0.462. The van der Waals surface area contributed by atoms with E-state index in [4.69, 9.17) is 11.0 Å². The molecule has 0 heterocycles. The van der Waals surface area contributed by atoms with E-state index in [1.165, 1.54) is 0 Å². The van der Waals surface area contributed by atoms with Crippen molar-refractivity contribution < 1.29 is 4.39 Å². The minimum absolute atomic E-state index is 0.166. The third-order valence-corrected chi connectivity index (χ3v) is 4.24. The molecule has 1 aromatic rings. The van der Waals surface area contributed by atoms with Gasteiger partial charge in [-0.2, -0.15) is 5.26 Å². The van der Waals surface area contributed by atoms with Crippen LogP contribution < -0.4 is 10.6 Å². The Bertz CT molecular complexity index is 494. The van der Waals surface area contributed by atoms with Gasteiger partial charge in [0, 0.05) is 19.6 Å². The number of nitrogens with two attached hydrogens (primary N) is 1. The Labute approximate surface area is 115 Å². The maximum absolute atomic E-state index is 14.2. The fourth-order valence-corrected chi connectivity index (χ4v) is 2.65. The van der Waals surface area contributed by atoms with Crippen LogP contribution in [0.1, 0.15) is 18.4 Å². The summed E-state index contributed by atoms with van der Waals surface area (Å²) in [5.41, 5.74) is 6.56. The molecule has 1 aliphatic rings. The van der Waals surface area contributed by atoms with Gasteiger partial charge in [0.1, 0.15) is 6.07 Å². The van der Waals surface area contributed by atoms with Crippen molar-refractivity contribution in [3.05, 3.63) is 28.0 Å². The van der Waals surface area contributed by atoms with Crippen molar-refractivity contribution in [1.29, 1.82) is 5.26 Å². The van der Waals surface area contributed by atoms with Gasteiger partial charge in [0.05, 0.1) is 15.7 Å². The lowest BCUT2D eigenvalue weighted by Gasteiger charge is -2.29. The largest absolute Gasteiger partial charge is 0.368 e. The Morgan fingerprint density at radius 3 is 2.78 bits per heavy atom. The van der Waals surface area contributed by atoms with Crippen LogP contribution in [0.4, 0.5) is 10.1 Å². The first-order chi connectivity index (χ1) is 8.60. The average Bonchev–Trinajstić information content (AvgIpc) is 3.18. The molecule has 2 rings (SSSR count). The first-order valence-electron chi connectivity index (χ1n) is 5.91. The molecule has 0 amide bonds.